The molecule has 4 nitrogen and oxygen atoms in total. The monoisotopic (exact) mass is 183 g/mol. The zero-order valence-electron chi connectivity index (χ0n) is 8.03. The smallest absolute Gasteiger partial charge is 0.222 e. The van der Waals surface area contributed by atoms with Crippen molar-refractivity contribution in [2.24, 2.45) is 0 Å². The number of rotatable bonds is 4. The lowest BCUT2D eigenvalue weighted by Gasteiger charge is -2.10. The van der Waals surface area contributed by atoms with Crippen LogP contribution >= 0.6 is 0 Å². The van der Waals surface area contributed by atoms with Gasteiger partial charge in [-0.15, -0.1) is 0 Å². The van der Waals surface area contributed by atoms with Gasteiger partial charge in [0.05, 0.1) is 26.4 Å². The van der Waals surface area contributed by atoms with E-state index in [-0.39, 0.29) is 0 Å². The summed E-state index contributed by atoms with van der Waals surface area (Å²) >= 11 is 0. The lowest BCUT2D eigenvalue weighted by atomic mass is 10.2. The van der Waals surface area contributed by atoms with E-state index in [9.17, 15) is 0 Å². The molecule has 0 saturated carbocycles. The molecule has 0 N–H and O–H groups in total. The molecular weight excluding hydrogens is 170 g/mol. The third kappa shape index (κ3) is 2.09. The molecule has 4 heteroatoms. The second-order valence-electron chi connectivity index (χ2n) is 2.43. The van der Waals surface area contributed by atoms with Crippen molar-refractivity contribution in [1.29, 1.82) is 0 Å². The number of hydrogen-bond donors (Lipinski definition) is 0. The van der Waals surface area contributed by atoms with Crippen molar-refractivity contribution in [3.63, 3.8) is 0 Å². The molecule has 0 amide bonds. The van der Waals surface area contributed by atoms with E-state index in [1.165, 1.54) is 0 Å². The van der Waals surface area contributed by atoms with E-state index in [1.54, 1.807) is 33.6 Å². The Balaban J connectivity index is 3.05. The predicted octanol–water partition coefficient (Wildman–Crippen LogP) is 1.25. The Hall–Kier alpha value is -1.29. The molecule has 1 rings (SSSR count). The van der Waals surface area contributed by atoms with Gasteiger partial charge in [0.1, 0.15) is 5.75 Å². The van der Waals surface area contributed by atoms with Gasteiger partial charge in [-0.3, -0.25) is 0 Å². The quantitative estimate of drug-likeness (QED) is 0.704. The standard InChI is InChI=1S/C9H13NO3/c1-11-6-7-8(12-2)4-5-10-9(7)13-3/h4-5H,6H2,1-3H3. The summed E-state index contributed by atoms with van der Waals surface area (Å²) in [4.78, 5) is 4.04. The molecule has 0 bridgehead atoms. The number of methoxy groups -OCH3 is 3. The van der Waals surface area contributed by atoms with E-state index >= 15 is 0 Å². The van der Waals surface area contributed by atoms with Crippen LogP contribution < -0.4 is 9.47 Å². The van der Waals surface area contributed by atoms with E-state index in [0.717, 1.165) is 11.3 Å². The zero-order valence-corrected chi connectivity index (χ0v) is 8.03. The van der Waals surface area contributed by atoms with Gasteiger partial charge in [-0.05, 0) is 6.07 Å². The first-order chi connectivity index (χ1) is 6.33. The van der Waals surface area contributed by atoms with Gasteiger partial charge in [-0.2, -0.15) is 0 Å². The highest BCUT2D eigenvalue weighted by Crippen LogP contribution is 2.25. The molecule has 0 fully saturated rings. The first-order valence-corrected chi connectivity index (χ1v) is 3.88. The molecule has 0 atom stereocenters. The van der Waals surface area contributed by atoms with E-state index in [2.05, 4.69) is 4.98 Å². The van der Waals surface area contributed by atoms with E-state index in [0.29, 0.717) is 12.5 Å². The third-order valence-electron chi connectivity index (χ3n) is 1.68. The molecule has 0 aromatic carbocycles. The molecular formula is C9H13NO3. The minimum Gasteiger partial charge on any atom is -0.496 e. The number of aromatic nitrogens is 1. The fourth-order valence-corrected chi connectivity index (χ4v) is 1.10. The average molecular weight is 183 g/mol. The first-order valence-electron chi connectivity index (χ1n) is 3.88. The highest BCUT2D eigenvalue weighted by atomic mass is 16.5. The zero-order chi connectivity index (χ0) is 9.68. The average Bonchev–Trinajstić information content (AvgIpc) is 2.18. The van der Waals surface area contributed by atoms with Crippen LogP contribution in [0.3, 0.4) is 0 Å². The lowest BCUT2D eigenvalue weighted by Crippen LogP contribution is -1.99. The summed E-state index contributed by atoms with van der Waals surface area (Å²) in [6, 6.07) is 1.77. The van der Waals surface area contributed by atoms with Crippen molar-refractivity contribution < 1.29 is 14.2 Å². The maximum absolute atomic E-state index is 5.14. The Bertz CT molecular complexity index is 253. The van der Waals surface area contributed by atoms with Gasteiger partial charge in [0.2, 0.25) is 5.88 Å². The fourth-order valence-electron chi connectivity index (χ4n) is 1.10. The van der Waals surface area contributed by atoms with Gasteiger partial charge in [0.25, 0.3) is 0 Å². The van der Waals surface area contributed by atoms with Gasteiger partial charge >= 0.3 is 0 Å². The lowest BCUT2D eigenvalue weighted by molar-refractivity contribution is 0.177. The molecule has 1 aromatic rings. The van der Waals surface area contributed by atoms with Crippen molar-refractivity contribution in [2.45, 2.75) is 6.61 Å². The van der Waals surface area contributed by atoms with Crippen LogP contribution in [0.1, 0.15) is 5.56 Å². The Morgan fingerprint density at radius 3 is 2.54 bits per heavy atom. The minimum atomic E-state index is 0.431. The van der Waals surface area contributed by atoms with Crippen LogP contribution in [0.25, 0.3) is 0 Å². The molecule has 0 spiro atoms. The first kappa shape index (κ1) is 9.80. The topological polar surface area (TPSA) is 40.6 Å². The Morgan fingerprint density at radius 1 is 1.23 bits per heavy atom. The molecule has 0 saturated heterocycles. The normalized spacial score (nSPS) is 9.77. The summed E-state index contributed by atoms with van der Waals surface area (Å²) in [5, 5.41) is 0. The van der Waals surface area contributed by atoms with Crippen LogP contribution in [0.2, 0.25) is 0 Å². The van der Waals surface area contributed by atoms with Crippen molar-refractivity contribution in [3.8, 4) is 11.6 Å². The van der Waals surface area contributed by atoms with Crippen LogP contribution in [0.15, 0.2) is 12.3 Å². The maximum atomic E-state index is 5.14. The highest BCUT2D eigenvalue weighted by molar-refractivity contribution is 5.39. The number of hydrogen-bond acceptors (Lipinski definition) is 4. The van der Waals surface area contributed by atoms with Gasteiger partial charge < -0.3 is 14.2 Å². The van der Waals surface area contributed by atoms with Crippen LogP contribution in [-0.2, 0) is 11.3 Å². The summed E-state index contributed by atoms with van der Waals surface area (Å²) in [6.45, 7) is 0.431. The number of nitrogens with zero attached hydrogens (tertiary/aromatic N) is 1. The summed E-state index contributed by atoms with van der Waals surface area (Å²) in [5.41, 5.74) is 0.829. The molecule has 0 unspecified atom stereocenters. The number of pyridine rings is 1. The van der Waals surface area contributed by atoms with Gasteiger partial charge in [0.15, 0.2) is 0 Å². The van der Waals surface area contributed by atoms with Crippen LogP contribution in [0.5, 0.6) is 11.6 Å². The highest BCUT2D eigenvalue weighted by Gasteiger charge is 2.09. The van der Waals surface area contributed by atoms with Crippen molar-refractivity contribution in [3.05, 3.63) is 17.8 Å². The number of ether oxygens (including phenoxy) is 3. The summed E-state index contributed by atoms with van der Waals surface area (Å²) in [6.07, 6.45) is 1.64. The summed E-state index contributed by atoms with van der Waals surface area (Å²) < 4.78 is 15.2. The molecule has 0 aliphatic heterocycles. The third-order valence-corrected chi connectivity index (χ3v) is 1.68. The van der Waals surface area contributed by atoms with Gasteiger partial charge in [-0.1, -0.05) is 0 Å². The van der Waals surface area contributed by atoms with Crippen molar-refractivity contribution in [2.75, 3.05) is 21.3 Å². The molecule has 13 heavy (non-hydrogen) atoms. The second-order valence-corrected chi connectivity index (χ2v) is 2.43. The molecule has 72 valence electrons. The van der Waals surface area contributed by atoms with E-state index in [4.69, 9.17) is 14.2 Å². The van der Waals surface area contributed by atoms with Crippen LogP contribution in [0.4, 0.5) is 0 Å². The molecule has 0 radical (unpaired) electrons. The van der Waals surface area contributed by atoms with Gasteiger partial charge in [0, 0.05) is 13.3 Å². The van der Waals surface area contributed by atoms with E-state index in [1.807, 2.05) is 0 Å². The fraction of sp³-hybridized carbons (Fsp3) is 0.444. The molecule has 1 aromatic heterocycles. The second kappa shape index (κ2) is 4.67. The Kier molecular flexibility index (Phi) is 3.52. The van der Waals surface area contributed by atoms with Crippen molar-refractivity contribution >= 4 is 0 Å². The van der Waals surface area contributed by atoms with Crippen LogP contribution in [-0.4, -0.2) is 26.3 Å². The van der Waals surface area contributed by atoms with Crippen molar-refractivity contribution in [1.82, 2.24) is 4.98 Å². The van der Waals surface area contributed by atoms with Crippen LogP contribution in [0, 0.1) is 0 Å². The summed E-state index contributed by atoms with van der Waals surface area (Å²) in [5.74, 6) is 1.27. The van der Waals surface area contributed by atoms with Gasteiger partial charge in [-0.25, -0.2) is 4.98 Å². The molecule has 0 aliphatic rings. The Morgan fingerprint density at radius 2 is 2.00 bits per heavy atom. The maximum Gasteiger partial charge on any atom is 0.222 e. The predicted molar refractivity (Wildman–Crippen MR) is 48.1 cm³/mol. The Labute approximate surface area is 77.5 Å². The largest absolute Gasteiger partial charge is 0.496 e. The van der Waals surface area contributed by atoms with E-state index < -0.39 is 0 Å². The SMILES string of the molecule is COCc1c(OC)ccnc1OC. The molecule has 0 aliphatic carbocycles. The molecule has 1 heterocycles. The minimum absolute atomic E-state index is 0.431. The summed E-state index contributed by atoms with van der Waals surface area (Å²) in [7, 11) is 4.79.